The molecule has 5 rings (SSSR count). The first-order valence-corrected chi connectivity index (χ1v) is 13.8. The molecule has 0 spiro atoms. The van der Waals surface area contributed by atoms with Crippen molar-refractivity contribution in [1.29, 1.82) is 0 Å². The van der Waals surface area contributed by atoms with Gasteiger partial charge < -0.3 is 20.0 Å². The maximum atomic E-state index is 5.50. The topological polar surface area (TPSA) is 42.6 Å². The maximum Gasteiger partial charge on any atom is 0.176 e. The van der Waals surface area contributed by atoms with Gasteiger partial charge in [0.15, 0.2) is 13.5 Å². The number of nitrogens with one attached hydrogen (secondary N) is 3. The fraction of sp³-hybridized carbons (Fsp3) is 0.296. The Hall–Kier alpha value is -2.66. The average molecular weight is 490 g/mol. The molecule has 34 heavy (non-hydrogen) atoms. The van der Waals surface area contributed by atoms with Gasteiger partial charge in [-0.3, -0.25) is 5.09 Å². The SMILES string of the molecule is S=C(NCCNP1N(c2ccccc2)[C@@H]2CCCC[C@H]2N1c1ccccc1)Nc1ccccc1. The predicted molar refractivity (Wildman–Crippen MR) is 149 cm³/mol. The number of nitrogens with zero attached hydrogens (tertiary/aromatic N) is 2. The standard InChI is InChI=1S/C27H32N5PS/c34-27(30-22-12-4-1-5-13-22)28-20-21-29-33-31(23-14-6-2-7-15-23)25-18-10-11-19-26(25)32(33)24-16-8-3-9-17-24/h1-9,12-17,25-26,29H,10-11,18-21H2,(H2,28,30,34)/t25-,26-/m1/s1. The minimum absolute atomic E-state index is 0.531. The van der Waals surface area contributed by atoms with Gasteiger partial charge in [0.1, 0.15) is 0 Å². The molecule has 0 aromatic heterocycles. The Morgan fingerprint density at radius 1 is 0.735 bits per heavy atom. The Labute approximate surface area is 209 Å². The minimum atomic E-state index is -0.741. The Kier molecular flexibility index (Phi) is 7.59. The minimum Gasteiger partial charge on any atom is -0.361 e. The highest BCUT2D eigenvalue weighted by Gasteiger charge is 2.48. The fourth-order valence-electron chi connectivity index (χ4n) is 4.99. The van der Waals surface area contributed by atoms with Crippen LogP contribution in [0.4, 0.5) is 17.1 Å². The van der Waals surface area contributed by atoms with Crippen LogP contribution in [0.25, 0.3) is 0 Å². The van der Waals surface area contributed by atoms with E-state index in [0.717, 1.165) is 18.8 Å². The molecule has 2 atom stereocenters. The van der Waals surface area contributed by atoms with Gasteiger partial charge >= 0.3 is 0 Å². The van der Waals surface area contributed by atoms with Crippen LogP contribution in [0.15, 0.2) is 91.0 Å². The molecule has 1 aliphatic heterocycles. The number of rotatable bonds is 7. The third-order valence-corrected chi connectivity index (χ3v) is 9.09. The zero-order chi connectivity index (χ0) is 23.2. The van der Waals surface area contributed by atoms with Gasteiger partial charge in [0, 0.05) is 30.2 Å². The molecule has 176 valence electrons. The number of benzene rings is 3. The zero-order valence-electron chi connectivity index (χ0n) is 19.3. The summed E-state index contributed by atoms with van der Waals surface area (Å²) in [5.41, 5.74) is 3.62. The quantitative estimate of drug-likeness (QED) is 0.211. The first kappa shape index (κ1) is 23.1. The molecule has 1 saturated carbocycles. The molecule has 0 radical (unpaired) electrons. The van der Waals surface area contributed by atoms with Crippen molar-refractivity contribution in [3.8, 4) is 0 Å². The van der Waals surface area contributed by atoms with E-state index in [9.17, 15) is 0 Å². The van der Waals surface area contributed by atoms with E-state index < -0.39 is 8.37 Å². The predicted octanol–water partition coefficient (Wildman–Crippen LogP) is 6.13. The molecule has 2 aliphatic rings. The van der Waals surface area contributed by atoms with Crippen molar-refractivity contribution in [3.05, 3.63) is 91.0 Å². The van der Waals surface area contributed by atoms with E-state index in [-0.39, 0.29) is 0 Å². The molecule has 1 saturated heterocycles. The Bertz CT molecular complexity index is 997. The number of para-hydroxylation sites is 3. The summed E-state index contributed by atoms with van der Waals surface area (Å²) in [4.78, 5) is 0. The summed E-state index contributed by atoms with van der Waals surface area (Å²) in [5, 5.41) is 11.2. The summed E-state index contributed by atoms with van der Waals surface area (Å²) in [6.07, 6.45) is 5.09. The van der Waals surface area contributed by atoms with E-state index >= 15 is 0 Å². The molecule has 3 aromatic carbocycles. The molecule has 1 heterocycles. The fourth-order valence-corrected chi connectivity index (χ4v) is 7.84. The number of thiocarbonyl (C=S) groups is 1. The van der Waals surface area contributed by atoms with Gasteiger partial charge in [0.2, 0.25) is 0 Å². The van der Waals surface area contributed by atoms with Crippen molar-refractivity contribution in [2.45, 2.75) is 37.8 Å². The normalized spacial score (nSPS) is 20.1. The largest absolute Gasteiger partial charge is 0.361 e. The zero-order valence-corrected chi connectivity index (χ0v) is 21.0. The molecule has 1 aliphatic carbocycles. The Balaban J connectivity index is 1.31. The second kappa shape index (κ2) is 11.2. The van der Waals surface area contributed by atoms with Gasteiger partial charge in [-0.2, -0.15) is 0 Å². The number of hydrogen-bond donors (Lipinski definition) is 3. The molecular formula is C27H32N5PS. The lowest BCUT2D eigenvalue weighted by Gasteiger charge is -2.34. The van der Waals surface area contributed by atoms with Gasteiger partial charge in [0.05, 0.1) is 12.1 Å². The highest BCUT2D eigenvalue weighted by molar-refractivity contribution is 7.80. The van der Waals surface area contributed by atoms with Crippen molar-refractivity contribution < 1.29 is 0 Å². The summed E-state index contributed by atoms with van der Waals surface area (Å²) in [7, 11) is -0.741. The molecule has 0 bridgehead atoms. The van der Waals surface area contributed by atoms with Gasteiger partial charge in [-0.25, -0.2) is 0 Å². The first-order valence-electron chi connectivity index (χ1n) is 12.1. The van der Waals surface area contributed by atoms with Gasteiger partial charge in [-0.15, -0.1) is 0 Å². The highest BCUT2D eigenvalue weighted by atomic mass is 32.1. The summed E-state index contributed by atoms with van der Waals surface area (Å²) in [5.74, 6) is 0. The summed E-state index contributed by atoms with van der Waals surface area (Å²) < 4.78 is 5.35. The van der Waals surface area contributed by atoms with Crippen molar-refractivity contribution in [1.82, 2.24) is 10.4 Å². The van der Waals surface area contributed by atoms with Crippen LogP contribution < -0.4 is 25.1 Å². The molecule has 3 aromatic rings. The van der Waals surface area contributed by atoms with Crippen molar-refractivity contribution in [2.24, 2.45) is 0 Å². The third kappa shape index (κ3) is 5.20. The smallest absolute Gasteiger partial charge is 0.176 e. The second-order valence-electron chi connectivity index (χ2n) is 8.72. The van der Waals surface area contributed by atoms with Crippen LogP contribution in [0.1, 0.15) is 25.7 Å². The molecular weight excluding hydrogens is 457 g/mol. The summed E-state index contributed by atoms with van der Waals surface area (Å²) >= 11 is 5.50. The summed E-state index contributed by atoms with van der Waals surface area (Å²) in [6, 6.07) is 33.0. The number of hydrogen-bond acceptors (Lipinski definition) is 4. The molecule has 0 unspecified atom stereocenters. The van der Waals surface area contributed by atoms with Gasteiger partial charge in [-0.05, 0) is 61.5 Å². The van der Waals surface area contributed by atoms with E-state index in [1.54, 1.807) is 0 Å². The molecule has 5 nitrogen and oxygen atoms in total. The monoisotopic (exact) mass is 489 g/mol. The van der Waals surface area contributed by atoms with Crippen LogP contribution in [-0.2, 0) is 0 Å². The highest BCUT2D eigenvalue weighted by Crippen LogP contribution is 2.58. The Morgan fingerprint density at radius 3 is 1.76 bits per heavy atom. The lowest BCUT2D eigenvalue weighted by Crippen LogP contribution is -2.40. The van der Waals surface area contributed by atoms with Crippen LogP contribution in [0, 0.1) is 0 Å². The molecule has 3 N–H and O–H groups in total. The van der Waals surface area contributed by atoms with E-state index in [0.29, 0.717) is 17.2 Å². The van der Waals surface area contributed by atoms with Crippen LogP contribution in [0.2, 0.25) is 0 Å². The Morgan fingerprint density at radius 2 is 1.24 bits per heavy atom. The lowest BCUT2D eigenvalue weighted by atomic mass is 9.90. The summed E-state index contributed by atoms with van der Waals surface area (Å²) in [6.45, 7) is 1.59. The third-order valence-electron chi connectivity index (χ3n) is 6.47. The van der Waals surface area contributed by atoms with E-state index in [1.807, 2.05) is 30.3 Å². The molecule has 7 heteroatoms. The first-order chi connectivity index (χ1) is 16.8. The second-order valence-corrected chi connectivity index (χ2v) is 10.9. The van der Waals surface area contributed by atoms with E-state index in [2.05, 4.69) is 85.7 Å². The van der Waals surface area contributed by atoms with Crippen molar-refractivity contribution >= 4 is 42.8 Å². The van der Waals surface area contributed by atoms with Crippen LogP contribution in [0.3, 0.4) is 0 Å². The van der Waals surface area contributed by atoms with Gasteiger partial charge in [-0.1, -0.05) is 67.4 Å². The number of anilines is 3. The molecule has 0 amide bonds. The van der Waals surface area contributed by atoms with E-state index in [1.165, 1.54) is 37.1 Å². The maximum absolute atomic E-state index is 5.50. The van der Waals surface area contributed by atoms with Crippen LogP contribution >= 0.6 is 20.6 Å². The average Bonchev–Trinajstić information content (AvgIpc) is 3.22. The van der Waals surface area contributed by atoms with E-state index in [4.69, 9.17) is 12.2 Å². The van der Waals surface area contributed by atoms with Crippen LogP contribution in [-0.4, -0.2) is 30.3 Å². The van der Waals surface area contributed by atoms with Crippen molar-refractivity contribution in [3.63, 3.8) is 0 Å². The number of fused-ring (bicyclic) bond motifs is 1. The molecule has 2 fully saturated rings. The lowest BCUT2D eigenvalue weighted by molar-refractivity contribution is 0.409. The van der Waals surface area contributed by atoms with Gasteiger partial charge in [0.25, 0.3) is 0 Å². The van der Waals surface area contributed by atoms with Crippen molar-refractivity contribution in [2.75, 3.05) is 27.7 Å². The van der Waals surface area contributed by atoms with Crippen LogP contribution in [0.5, 0.6) is 0 Å².